The van der Waals surface area contributed by atoms with Gasteiger partial charge in [-0.15, -0.1) is 0 Å². The van der Waals surface area contributed by atoms with Gasteiger partial charge in [0.15, 0.2) is 0 Å². The number of benzene rings is 1. The lowest BCUT2D eigenvalue weighted by Gasteiger charge is -2.49. The van der Waals surface area contributed by atoms with Crippen LogP contribution in [-0.4, -0.2) is 24.4 Å². The van der Waals surface area contributed by atoms with Crippen molar-refractivity contribution in [2.75, 3.05) is 13.2 Å². The average molecular weight is 250 g/mol. The number of rotatable bonds is 2. The van der Waals surface area contributed by atoms with E-state index in [4.69, 9.17) is 4.74 Å². The molecular formula is C15H19FO2. The van der Waals surface area contributed by atoms with E-state index in [1.165, 1.54) is 6.07 Å². The molecule has 0 amide bonds. The standard InChI is InChI=1S/C15H19FO2/c16-14-4-2-1-3-13(14)15(9-18-10-15)11-5-7-12(17)8-6-11/h1-4,11-12,17H,5-10H2. The summed E-state index contributed by atoms with van der Waals surface area (Å²) in [6.45, 7) is 1.24. The van der Waals surface area contributed by atoms with E-state index < -0.39 is 0 Å². The summed E-state index contributed by atoms with van der Waals surface area (Å²) in [4.78, 5) is 0. The summed E-state index contributed by atoms with van der Waals surface area (Å²) in [6.07, 6.45) is 3.44. The maximum absolute atomic E-state index is 14.0. The van der Waals surface area contributed by atoms with Crippen molar-refractivity contribution in [2.45, 2.75) is 37.2 Å². The van der Waals surface area contributed by atoms with Crippen molar-refractivity contribution >= 4 is 0 Å². The molecule has 0 aromatic heterocycles. The summed E-state index contributed by atoms with van der Waals surface area (Å²) < 4.78 is 19.4. The minimum absolute atomic E-state index is 0.119. The molecule has 0 radical (unpaired) electrons. The fourth-order valence-corrected chi connectivity index (χ4v) is 3.43. The monoisotopic (exact) mass is 250 g/mol. The van der Waals surface area contributed by atoms with Gasteiger partial charge in [0.25, 0.3) is 0 Å². The van der Waals surface area contributed by atoms with Gasteiger partial charge in [0, 0.05) is 5.41 Å². The number of hydrogen-bond donors (Lipinski definition) is 1. The van der Waals surface area contributed by atoms with Crippen molar-refractivity contribution in [1.29, 1.82) is 0 Å². The van der Waals surface area contributed by atoms with Crippen LogP contribution >= 0.6 is 0 Å². The fourth-order valence-electron chi connectivity index (χ4n) is 3.43. The maximum Gasteiger partial charge on any atom is 0.127 e. The highest BCUT2D eigenvalue weighted by atomic mass is 19.1. The van der Waals surface area contributed by atoms with Crippen molar-refractivity contribution in [3.8, 4) is 0 Å². The average Bonchev–Trinajstić information content (AvgIpc) is 2.32. The van der Waals surface area contributed by atoms with Crippen LogP contribution in [0.25, 0.3) is 0 Å². The molecule has 2 aliphatic rings. The molecule has 0 bridgehead atoms. The molecule has 0 spiro atoms. The molecule has 0 unspecified atom stereocenters. The Hall–Kier alpha value is -0.930. The number of hydrogen-bond acceptors (Lipinski definition) is 2. The van der Waals surface area contributed by atoms with Gasteiger partial charge in [0.05, 0.1) is 19.3 Å². The number of halogens is 1. The molecule has 98 valence electrons. The molecule has 1 aliphatic carbocycles. The lowest BCUT2D eigenvalue weighted by molar-refractivity contribution is -0.105. The van der Waals surface area contributed by atoms with Crippen molar-refractivity contribution in [2.24, 2.45) is 5.92 Å². The Kier molecular flexibility index (Phi) is 3.12. The summed E-state index contributed by atoms with van der Waals surface area (Å²) in [7, 11) is 0. The highest BCUT2D eigenvalue weighted by Gasteiger charge is 2.48. The van der Waals surface area contributed by atoms with Gasteiger partial charge < -0.3 is 9.84 Å². The van der Waals surface area contributed by atoms with Gasteiger partial charge in [0.2, 0.25) is 0 Å². The second-order valence-corrected chi connectivity index (χ2v) is 5.63. The van der Waals surface area contributed by atoms with E-state index in [0.717, 1.165) is 31.2 Å². The first-order chi connectivity index (χ1) is 8.72. The van der Waals surface area contributed by atoms with Crippen molar-refractivity contribution in [3.63, 3.8) is 0 Å². The quantitative estimate of drug-likeness (QED) is 0.874. The normalized spacial score (nSPS) is 30.8. The van der Waals surface area contributed by atoms with Gasteiger partial charge in [0.1, 0.15) is 5.82 Å². The third-order valence-corrected chi connectivity index (χ3v) is 4.61. The minimum atomic E-state index is -0.167. The van der Waals surface area contributed by atoms with Gasteiger partial charge in [-0.05, 0) is 43.2 Å². The molecule has 2 fully saturated rings. The lowest BCUT2D eigenvalue weighted by Crippen LogP contribution is -2.54. The van der Waals surface area contributed by atoms with Crippen LogP contribution in [0.15, 0.2) is 24.3 Å². The van der Waals surface area contributed by atoms with E-state index in [2.05, 4.69) is 0 Å². The zero-order chi connectivity index (χ0) is 12.6. The van der Waals surface area contributed by atoms with Gasteiger partial charge in [-0.3, -0.25) is 0 Å². The van der Waals surface area contributed by atoms with Crippen LogP contribution in [0.3, 0.4) is 0 Å². The number of ether oxygens (including phenoxy) is 1. The maximum atomic E-state index is 14.0. The molecule has 18 heavy (non-hydrogen) atoms. The molecule has 1 saturated heterocycles. The number of aliphatic hydroxyl groups is 1. The predicted molar refractivity (Wildman–Crippen MR) is 66.9 cm³/mol. The smallest absolute Gasteiger partial charge is 0.127 e. The van der Waals surface area contributed by atoms with Crippen LogP contribution in [0, 0.1) is 11.7 Å². The third-order valence-electron chi connectivity index (χ3n) is 4.61. The second kappa shape index (κ2) is 4.63. The fraction of sp³-hybridized carbons (Fsp3) is 0.600. The molecule has 2 nitrogen and oxygen atoms in total. The Balaban J connectivity index is 1.88. The Bertz CT molecular complexity index is 420. The van der Waals surface area contributed by atoms with E-state index >= 15 is 0 Å². The SMILES string of the molecule is OC1CCC(C2(c3ccccc3F)COC2)CC1. The van der Waals surface area contributed by atoms with Crippen LogP contribution in [0.5, 0.6) is 0 Å². The molecule has 1 aromatic rings. The molecule has 1 heterocycles. The van der Waals surface area contributed by atoms with Crippen molar-refractivity contribution in [3.05, 3.63) is 35.6 Å². The molecule has 1 aliphatic heterocycles. The summed E-state index contributed by atoms with van der Waals surface area (Å²) in [5, 5.41) is 9.60. The first-order valence-corrected chi connectivity index (χ1v) is 6.73. The molecule has 1 N–H and O–H groups in total. The predicted octanol–water partition coefficient (Wildman–Crippen LogP) is 2.64. The Morgan fingerprint density at radius 1 is 1.11 bits per heavy atom. The van der Waals surface area contributed by atoms with Crippen LogP contribution < -0.4 is 0 Å². The van der Waals surface area contributed by atoms with Gasteiger partial charge >= 0.3 is 0 Å². The van der Waals surface area contributed by atoms with E-state index in [1.54, 1.807) is 6.07 Å². The van der Waals surface area contributed by atoms with Gasteiger partial charge in [-0.1, -0.05) is 18.2 Å². The van der Waals surface area contributed by atoms with E-state index in [9.17, 15) is 9.50 Å². The molecule has 3 heteroatoms. The van der Waals surface area contributed by atoms with Crippen molar-refractivity contribution < 1.29 is 14.2 Å². The Morgan fingerprint density at radius 3 is 2.33 bits per heavy atom. The molecule has 1 saturated carbocycles. The van der Waals surface area contributed by atoms with E-state index in [1.807, 2.05) is 12.1 Å². The summed E-state index contributed by atoms with van der Waals surface area (Å²) in [5.74, 6) is 0.318. The van der Waals surface area contributed by atoms with Crippen LogP contribution in [0.2, 0.25) is 0 Å². The van der Waals surface area contributed by atoms with E-state index in [-0.39, 0.29) is 17.3 Å². The molecule has 3 rings (SSSR count). The first kappa shape index (κ1) is 12.1. The number of aliphatic hydroxyl groups excluding tert-OH is 1. The Morgan fingerprint density at radius 2 is 1.78 bits per heavy atom. The largest absolute Gasteiger partial charge is 0.393 e. The minimum Gasteiger partial charge on any atom is -0.393 e. The highest BCUT2D eigenvalue weighted by molar-refractivity contribution is 5.31. The lowest BCUT2D eigenvalue weighted by atomic mass is 9.63. The highest BCUT2D eigenvalue weighted by Crippen LogP contribution is 2.46. The van der Waals surface area contributed by atoms with Gasteiger partial charge in [-0.2, -0.15) is 0 Å². The Labute approximate surface area is 107 Å². The summed E-state index contributed by atoms with van der Waals surface area (Å²) in [5.41, 5.74) is 0.656. The topological polar surface area (TPSA) is 29.5 Å². The zero-order valence-electron chi connectivity index (χ0n) is 10.4. The summed E-state index contributed by atoms with van der Waals surface area (Å²) in [6, 6.07) is 7.06. The van der Waals surface area contributed by atoms with Crippen LogP contribution in [0.1, 0.15) is 31.2 Å². The molecular weight excluding hydrogens is 231 g/mol. The van der Waals surface area contributed by atoms with E-state index in [0.29, 0.717) is 19.1 Å². The molecule has 1 aromatic carbocycles. The second-order valence-electron chi connectivity index (χ2n) is 5.63. The molecule has 0 atom stereocenters. The zero-order valence-corrected chi connectivity index (χ0v) is 10.4. The van der Waals surface area contributed by atoms with Crippen molar-refractivity contribution in [1.82, 2.24) is 0 Å². The first-order valence-electron chi connectivity index (χ1n) is 6.73. The van der Waals surface area contributed by atoms with Crippen LogP contribution in [-0.2, 0) is 10.2 Å². The van der Waals surface area contributed by atoms with Crippen LogP contribution in [0.4, 0.5) is 4.39 Å². The summed E-state index contributed by atoms with van der Waals surface area (Å²) >= 11 is 0. The third kappa shape index (κ3) is 1.86. The van der Waals surface area contributed by atoms with Gasteiger partial charge in [-0.25, -0.2) is 4.39 Å².